The van der Waals surface area contributed by atoms with Crippen LogP contribution < -0.4 is 4.74 Å². The lowest BCUT2D eigenvalue weighted by molar-refractivity contribution is 0.333. The number of fused-ring (bicyclic) bond motifs is 1. The second kappa shape index (κ2) is 4.99. The van der Waals surface area contributed by atoms with Gasteiger partial charge in [-0.2, -0.15) is 0 Å². The van der Waals surface area contributed by atoms with E-state index < -0.39 is 0 Å². The summed E-state index contributed by atoms with van der Waals surface area (Å²) in [5.74, 6) is 1.02. The monoisotopic (exact) mass is 300 g/mol. The van der Waals surface area contributed by atoms with Crippen LogP contribution in [0.4, 0.5) is 0 Å². The van der Waals surface area contributed by atoms with Gasteiger partial charge in [-0.25, -0.2) is 0 Å². The van der Waals surface area contributed by atoms with Crippen LogP contribution in [0.3, 0.4) is 0 Å². The van der Waals surface area contributed by atoms with E-state index >= 15 is 0 Å². The van der Waals surface area contributed by atoms with Crippen molar-refractivity contribution in [3.05, 3.63) is 69.7 Å². The number of ether oxygens (including phenoxy) is 1. The van der Waals surface area contributed by atoms with Crippen LogP contribution in [-0.4, -0.2) is 6.61 Å². The average Bonchev–Trinajstić information content (AvgIpc) is 2.41. The van der Waals surface area contributed by atoms with Crippen LogP contribution >= 0.6 is 15.9 Å². The molecular weight excluding hydrogens is 288 g/mol. The Bertz CT molecular complexity index is 602. The molecule has 0 fully saturated rings. The van der Waals surface area contributed by atoms with Crippen molar-refractivity contribution >= 4 is 22.0 Å². The lowest BCUT2D eigenvalue weighted by Crippen LogP contribution is -2.11. The summed E-state index contributed by atoms with van der Waals surface area (Å²) in [4.78, 5) is 0. The lowest BCUT2D eigenvalue weighted by atomic mass is 10.00. The highest BCUT2D eigenvalue weighted by atomic mass is 79.9. The zero-order valence-electron chi connectivity index (χ0n) is 9.90. The highest BCUT2D eigenvalue weighted by Crippen LogP contribution is 2.28. The molecule has 0 unspecified atom stereocenters. The Labute approximate surface area is 115 Å². The predicted octanol–water partition coefficient (Wildman–Crippen LogP) is 4.47. The van der Waals surface area contributed by atoms with Gasteiger partial charge in [0.15, 0.2) is 0 Å². The van der Waals surface area contributed by atoms with Crippen molar-refractivity contribution in [1.82, 2.24) is 0 Å². The maximum atomic E-state index is 5.76. The molecule has 0 spiro atoms. The molecule has 0 N–H and O–H groups in total. The minimum Gasteiger partial charge on any atom is -0.489 e. The van der Waals surface area contributed by atoms with E-state index in [4.69, 9.17) is 4.74 Å². The molecule has 1 aliphatic rings. The molecule has 18 heavy (non-hydrogen) atoms. The Morgan fingerprint density at radius 1 is 1.00 bits per heavy atom. The summed E-state index contributed by atoms with van der Waals surface area (Å²) in [6.07, 6.45) is 3.18. The largest absolute Gasteiger partial charge is 0.489 e. The van der Waals surface area contributed by atoms with Gasteiger partial charge in [-0.05, 0) is 28.8 Å². The van der Waals surface area contributed by atoms with Crippen molar-refractivity contribution in [2.24, 2.45) is 0 Å². The van der Waals surface area contributed by atoms with E-state index in [9.17, 15) is 0 Å². The summed E-state index contributed by atoms with van der Waals surface area (Å²) < 4.78 is 6.89. The fraction of sp³-hybridized carbons (Fsp3) is 0.125. The van der Waals surface area contributed by atoms with Gasteiger partial charge in [-0.15, -0.1) is 0 Å². The molecule has 1 heterocycles. The van der Waals surface area contributed by atoms with E-state index in [1.165, 1.54) is 16.7 Å². The molecule has 90 valence electrons. The second-order valence-electron chi connectivity index (χ2n) is 4.40. The lowest BCUT2D eigenvalue weighted by Gasteiger charge is -2.19. The Morgan fingerprint density at radius 2 is 1.78 bits per heavy atom. The van der Waals surface area contributed by atoms with E-state index in [0.717, 1.165) is 16.6 Å². The van der Waals surface area contributed by atoms with Crippen molar-refractivity contribution in [3.63, 3.8) is 0 Å². The Kier molecular flexibility index (Phi) is 3.20. The number of halogens is 1. The van der Waals surface area contributed by atoms with Crippen LogP contribution in [0.15, 0.2) is 58.6 Å². The summed E-state index contributed by atoms with van der Waals surface area (Å²) in [6.45, 7) is 0.679. The van der Waals surface area contributed by atoms with Gasteiger partial charge >= 0.3 is 0 Å². The first-order valence-corrected chi connectivity index (χ1v) is 6.77. The van der Waals surface area contributed by atoms with E-state index in [0.29, 0.717) is 6.61 Å². The Balaban J connectivity index is 1.90. The maximum absolute atomic E-state index is 5.76. The molecule has 1 nitrogen and oxygen atoms in total. The zero-order valence-corrected chi connectivity index (χ0v) is 11.5. The first-order chi connectivity index (χ1) is 8.83. The number of rotatable bonds is 1. The van der Waals surface area contributed by atoms with Crippen molar-refractivity contribution in [1.29, 1.82) is 0 Å². The molecule has 0 radical (unpaired) electrons. The fourth-order valence-corrected chi connectivity index (χ4v) is 2.56. The van der Waals surface area contributed by atoms with Crippen LogP contribution in [0.2, 0.25) is 0 Å². The summed E-state index contributed by atoms with van der Waals surface area (Å²) in [5.41, 5.74) is 3.78. The van der Waals surface area contributed by atoms with Gasteiger partial charge < -0.3 is 4.74 Å². The standard InChI is InChI=1S/C16H13BrO/c17-15-7-3-1-5-13(15)9-12-10-14-6-2-4-8-16(14)18-11-12/h1-9H,10-11H2/b12-9-. The van der Waals surface area contributed by atoms with Crippen LogP contribution in [0, 0.1) is 0 Å². The number of hydrogen-bond acceptors (Lipinski definition) is 1. The van der Waals surface area contributed by atoms with Crippen molar-refractivity contribution in [2.75, 3.05) is 6.61 Å². The quantitative estimate of drug-likeness (QED) is 0.755. The summed E-state index contributed by atoms with van der Waals surface area (Å²) in [6, 6.07) is 16.5. The van der Waals surface area contributed by atoms with Gasteiger partial charge in [-0.3, -0.25) is 0 Å². The third-order valence-corrected chi connectivity index (χ3v) is 3.79. The van der Waals surface area contributed by atoms with Gasteiger partial charge in [0.1, 0.15) is 12.4 Å². The molecule has 0 amide bonds. The molecule has 0 aliphatic carbocycles. The molecule has 0 saturated heterocycles. The molecule has 0 aromatic heterocycles. The molecule has 2 heteroatoms. The molecule has 0 bridgehead atoms. The summed E-state index contributed by atoms with van der Waals surface area (Å²) >= 11 is 3.57. The molecule has 3 rings (SSSR count). The number of hydrogen-bond donors (Lipinski definition) is 0. The van der Waals surface area contributed by atoms with Crippen molar-refractivity contribution in [3.8, 4) is 5.75 Å². The SMILES string of the molecule is Brc1ccccc1/C=C1\COc2ccccc2C1. The molecule has 0 saturated carbocycles. The zero-order chi connectivity index (χ0) is 12.4. The van der Waals surface area contributed by atoms with Crippen LogP contribution in [0.5, 0.6) is 5.75 Å². The van der Waals surface area contributed by atoms with E-state index in [1.54, 1.807) is 0 Å². The van der Waals surface area contributed by atoms with Crippen LogP contribution in [0.25, 0.3) is 6.08 Å². The Hall–Kier alpha value is -1.54. The summed E-state index contributed by atoms with van der Waals surface area (Å²) in [5, 5.41) is 0. The smallest absolute Gasteiger partial charge is 0.123 e. The third kappa shape index (κ3) is 2.34. The second-order valence-corrected chi connectivity index (χ2v) is 5.25. The van der Waals surface area contributed by atoms with E-state index in [-0.39, 0.29) is 0 Å². The molecule has 2 aromatic carbocycles. The van der Waals surface area contributed by atoms with Crippen LogP contribution in [-0.2, 0) is 6.42 Å². The van der Waals surface area contributed by atoms with Gasteiger partial charge in [-0.1, -0.05) is 58.4 Å². The van der Waals surface area contributed by atoms with Crippen molar-refractivity contribution in [2.45, 2.75) is 6.42 Å². The number of para-hydroxylation sites is 1. The topological polar surface area (TPSA) is 9.23 Å². The minimum absolute atomic E-state index is 0.679. The first kappa shape index (κ1) is 11.5. The first-order valence-electron chi connectivity index (χ1n) is 5.97. The molecule has 0 atom stereocenters. The highest BCUT2D eigenvalue weighted by Gasteiger charge is 2.13. The Morgan fingerprint density at radius 3 is 2.67 bits per heavy atom. The minimum atomic E-state index is 0.679. The summed E-state index contributed by atoms with van der Waals surface area (Å²) in [7, 11) is 0. The molecule has 2 aromatic rings. The maximum Gasteiger partial charge on any atom is 0.123 e. The van der Waals surface area contributed by atoms with Crippen molar-refractivity contribution < 1.29 is 4.74 Å². The van der Waals surface area contributed by atoms with Gasteiger partial charge in [0.05, 0.1) is 0 Å². The van der Waals surface area contributed by atoms with Gasteiger partial charge in [0.2, 0.25) is 0 Å². The average molecular weight is 301 g/mol. The molecular formula is C16H13BrO. The predicted molar refractivity (Wildman–Crippen MR) is 77.8 cm³/mol. The van der Waals surface area contributed by atoms with E-state index in [2.05, 4.69) is 52.3 Å². The van der Waals surface area contributed by atoms with Crippen LogP contribution in [0.1, 0.15) is 11.1 Å². The third-order valence-electron chi connectivity index (χ3n) is 3.07. The fourth-order valence-electron chi connectivity index (χ4n) is 2.16. The highest BCUT2D eigenvalue weighted by molar-refractivity contribution is 9.10. The normalized spacial score (nSPS) is 16.2. The van der Waals surface area contributed by atoms with Gasteiger partial charge in [0, 0.05) is 10.9 Å². The van der Waals surface area contributed by atoms with E-state index in [1.807, 2.05) is 18.2 Å². The van der Waals surface area contributed by atoms with Gasteiger partial charge in [0.25, 0.3) is 0 Å². The molecule has 1 aliphatic heterocycles. The number of benzene rings is 2.